The Hall–Kier alpha value is -0.380. The van der Waals surface area contributed by atoms with Crippen molar-refractivity contribution >= 4 is 15.9 Å². The number of benzene rings is 1. The van der Waals surface area contributed by atoms with E-state index in [2.05, 4.69) is 52.4 Å². The molecule has 82 valence electrons. The Kier molecular flexibility index (Phi) is 3.44. The fourth-order valence-electron chi connectivity index (χ4n) is 2.00. The maximum absolute atomic E-state index is 5.76. The minimum atomic E-state index is 0.413. The predicted octanol–water partition coefficient (Wildman–Crippen LogP) is 2.59. The molecule has 0 aromatic heterocycles. The van der Waals surface area contributed by atoms with Crippen LogP contribution in [-0.4, -0.2) is 12.1 Å². The molecule has 1 saturated carbocycles. The molecule has 1 aliphatic carbocycles. The number of halogens is 1. The lowest BCUT2D eigenvalue weighted by Gasteiger charge is -2.35. The Labute approximate surface area is 99.4 Å². The van der Waals surface area contributed by atoms with Gasteiger partial charge in [0.15, 0.2) is 0 Å². The van der Waals surface area contributed by atoms with E-state index in [1.165, 1.54) is 5.56 Å². The van der Waals surface area contributed by atoms with Crippen LogP contribution < -0.4 is 11.1 Å². The van der Waals surface area contributed by atoms with Gasteiger partial charge in [0.2, 0.25) is 0 Å². The highest BCUT2D eigenvalue weighted by molar-refractivity contribution is 9.10. The Balaban J connectivity index is 1.90. The van der Waals surface area contributed by atoms with Crippen LogP contribution in [0.3, 0.4) is 0 Å². The largest absolute Gasteiger partial charge is 0.328 e. The third-order valence-electron chi connectivity index (χ3n) is 3.03. The molecule has 15 heavy (non-hydrogen) atoms. The highest BCUT2D eigenvalue weighted by Crippen LogP contribution is 2.23. The summed E-state index contributed by atoms with van der Waals surface area (Å²) in [5, 5.41) is 3.59. The highest BCUT2D eigenvalue weighted by Gasteiger charge is 2.26. The maximum Gasteiger partial charge on any atom is 0.0294 e. The number of hydrogen-bond donors (Lipinski definition) is 2. The van der Waals surface area contributed by atoms with Crippen LogP contribution in [0.2, 0.25) is 0 Å². The van der Waals surface area contributed by atoms with E-state index in [4.69, 9.17) is 5.73 Å². The molecule has 0 saturated heterocycles. The third-order valence-corrected chi connectivity index (χ3v) is 3.56. The Morgan fingerprint density at radius 2 is 1.93 bits per heavy atom. The van der Waals surface area contributed by atoms with E-state index < -0.39 is 0 Å². The monoisotopic (exact) mass is 268 g/mol. The molecule has 0 heterocycles. The first-order chi connectivity index (χ1) is 7.15. The zero-order valence-electron chi connectivity index (χ0n) is 8.91. The van der Waals surface area contributed by atoms with Gasteiger partial charge in [0.1, 0.15) is 0 Å². The van der Waals surface area contributed by atoms with Crippen molar-refractivity contribution in [1.29, 1.82) is 0 Å². The Bertz CT molecular complexity index is 317. The normalized spacial score (nSPS) is 27.1. The number of nitrogens with two attached hydrogens (primary N) is 1. The molecular formula is C12H17BrN2. The SMILES string of the molecule is CC(NC1CC(N)C1)c1ccc(Br)cc1. The molecule has 3 heteroatoms. The van der Waals surface area contributed by atoms with Gasteiger partial charge in [-0.1, -0.05) is 28.1 Å². The molecular weight excluding hydrogens is 252 g/mol. The van der Waals surface area contributed by atoms with E-state index in [9.17, 15) is 0 Å². The average molecular weight is 269 g/mol. The lowest BCUT2D eigenvalue weighted by molar-refractivity contribution is 0.272. The number of rotatable bonds is 3. The van der Waals surface area contributed by atoms with Crippen LogP contribution in [0.1, 0.15) is 31.4 Å². The second kappa shape index (κ2) is 4.64. The van der Waals surface area contributed by atoms with Crippen molar-refractivity contribution in [3.05, 3.63) is 34.3 Å². The second-order valence-electron chi connectivity index (χ2n) is 4.37. The van der Waals surface area contributed by atoms with Gasteiger partial charge in [0.05, 0.1) is 0 Å². The molecule has 0 spiro atoms. The van der Waals surface area contributed by atoms with E-state index in [1.54, 1.807) is 0 Å². The predicted molar refractivity (Wildman–Crippen MR) is 66.7 cm³/mol. The lowest BCUT2D eigenvalue weighted by atomic mass is 9.87. The summed E-state index contributed by atoms with van der Waals surface area (Å²) in [6.45, 7) is 2.20. The fourth-order valence-corrected chi connectivity index (χ4v) is 2.26. The minimum Gasteiger partial charge on any atom is -0.328 e. The van der Waals surface area contributed by atoms with E-state index in [0.717, 1.165) is 17.3 Å². The molecule has 1 atom stereocenters. The molecule has 1 unspecified atom stereocenters. The topological polar surface area (TPSA) is 38.0 Å². The average Bonchev–Trinajstić information content (AvgIpc) is 2.16. The quantitative estimate of drug-likeness (QED) is 0.885. The van der Waals surface area contributed by atoms with Crippen molar-refractivity contribution in [2.24, 2.45) is 5.73 Å². The van der Waals surface area contributed by atoms with Crippen LogP contribution in [0.15, 0.2) is 28.7 Å². The minimum absolute atomic E-state index is 0.413. The van der Waals surface area contributed by atoms with Crippen molar-refractivity contribution in [2.75, 3.05) is 0 Å². The molecule has 0 radical (unpaired) electrons. The van der Waals surface area contributed by atoms with Crippen LogP contribution in [-0.2, 0) is 0 Å². The zero-order valence-corrected chi connectivity index (χ0v) is 10.5. The summed E-state index contributed by atoms with van der Waals surface area (Å²) < 4.78 is 1.13. The van der Waals surface area contributed by atoms with E-state index in [-0.39, 0.29) is 0 Å². The van der Waals surface area contributed by atoms with Crippen molar-refractivity contribution in [1.82, 2.24) is 5.32 Å². The van der Waals surface area contributed by atoms with Crippen molar-refractivity contribution in [2.45, 2.75) is 37.9 Å². The number of hydrogen-bond acceptors (Lipinski definition) is 2. The van der Waals surface area contributed by atoms with Gasteiger partial charge < -0.3 is 11.1 Å². The van der Waals surface area contributed by atoms with Crippen molar-refractivity contribution in [3.8, 4) is 0 Å². The summed E-state index contributed by atoms with van der Waals surface area (Å²) in [6, 6.07) is 9.91. The molecule has 2 nitrogen and oxygen atoms in total. The van der Waals surface area contributed by atoms with Gasteiger partial charge in [-0.2, -0.15) is 0 Å². The lowest BCUT2D eigenvalue weighted by Crippen LogP contribution is -2.49. The molecule has 0 aliphatic heterocycles. The summed E-state index contributed by atoms with van der Waals surface area (Å²) >= 11 is 3.44. The van der Waals surface area contributed by atoms with Crippen molar-refractivity contribution in [3.63, 3.8) is 0 Å². The van der Waals surface area contributed by atoms with Gasteiger partial charge in [-0.25, -0.2) is 0 Å². The van der Waals surface area contributed by atoms with Crippen LogP contribution in [0.5, 0.6) is 0 Å². The maximum atomic E-state index is 5.76. The van der Waals surface area contributed by atoms with Gasteiger partial charge in [0.25, 0.3) is 0 Å². The summed E-state index contributed by atoms with van der Waals surface area (Å²) in [5.41, 5.74) is 7.09. The van der Waals surface area contributed by atoms with Crippen molar-refractivity contribution < 1.29 is 0 Å². The molecule has 1 fully saturated rings. The van der Waals surface area contributed by atoms with Crippen LogP contribution >= 0.6 is 15.9 Å². The standard InChI is InChI=1S/C12H17BrN2/c1-8(15-12-6-11(14)7-12)9-2-4-10(13)5-3-9/h2-5,8,11-12,15H,6-7,14H2,1H3. The van der Waals surface area contributed by atoms with Crippen LogP contribution in [0.25, 0.3) is 0 Å². The van der Waals surface area contributed by atoms with Gasteiger partial charge in [-0.3, -0.25) is 0 Å². The van der Waals surface area contributed by atoms with Gasteiger partial charge in [-0.05, 0) is 37.5 Å². The first-order valence-electron chi connectivity index (χ1n) is 5.42. The summed E-state index contributed by atoms with van der Waals surface area (Å²) in [5.74, 6) is 0. The zero-order chi connectivity index (χ0) is 10.8. The van der Waals surface area contributed by atoms with E-state index >= 15 is 0 Å². The second-order valence-corrected chi connectivity index (χ2v) is 5.28. The fraction of sp³-hybridized carbons (Fsp3) is 0.500. The van der Waals surface area contributed by atoms with E-state index in [0.29, 0.717) is 18.1 Å². The number of nitrogens with one attached hydrogen (secondary N) is 1. The molecule has 1 aromatic carbocycles. The first kappa shape index (κ1) is 11.1. The third kappa shape index (κ3) is 2.80. The van der Waals surface area contributed by atoms with Crippen LogP contribution in [0, 0.1) is 0 Å². The van der Waals surface area contributed by atoms with Gasteiger partial charge in [-0.15, -0.1) is 0 Å². The van der Waals surface area contributed by atoms with Gasteiger partial charge >= 0.3 is 0 Å². The van der Waals surface area contributed by atoms with E-state index in [1.807, 2.05) is 0 Å². The van der Waals surface area contributed by atoms with Crippen LogP contribution in [0.4, 0.5) is 0 Å². The molecule has 0 bridgehead atoms. The Morgan fingerprint density at radius 3 is 2.47 bits per heavy atom. The highest BCUT2D eigenvalue weighted by atomic mass is 79.9. The molecule has 1 aliphatic rings. The summed E-state index contributed by atoms with van der Waals surface area (Å²) in [6.07, 6.45) is 2.22. The smallest absolute Gasteiger partial charge is 0.0294 e. The first-order valence-corrected chi connectivity index (χ1v) is 6.21. The Morgan fingerprint density at radius 1 is 1.33 bits per heavy atom. The molecule has 2 rings (SSSR count). The summed E-state index contributed by atoms with van der Waals surface area (Å²) in [7, 11) is 0. The molecule has 0 amide bonds. The molecule has 1 aromatic rings. The van der Waals surface area contributed by atoms with Gasteiger partial charge in [0, 0.05) is 22.6 Å². The summed E-state index contributed by atoms with van der Waals surface area (Å²) in [4.78, 5) is 0. The molecule has 3 N–H and O–H groups in total.